The van der Waals surface area contributed by atoms with Crippen LogP contribution in [0.4, 0.5) is 25.0 Å². The van der Waals surface area contributed by atoms with Gasteiger partial charge >= 0.3 is 6.03 Å². The molecule has 8 heteroatoms. The molecule has 2 aromatic carbocycles. The van der Waals surface area contributed by atoms with E-state index < -0.39 is 17.9 Å². The molecule has 5 nitrogen and oxygen atoms in total. The molecular weight excluding hydrogens is 396 g/mol. The number of nitrogens with one attached hydrogen (secondary N) is 2. The summed E-state index contributed by atoms with van der Waals surface area (Å²) in [6, 6.07) is 8.41. The van der Waals surface area contributed by atoms with E-state index in [9.17, 15) is 18.4 Å². The van der Waals surface area contributed by atoms with E-state index >= 15 is 0 Å². The van der Waals surface area contributed by atoms with Crippen molar-refractivity contribution in [1.82, 2.24) is 5.32 Å². The molecule has 0 aliphatic carbocycles. The summed E-state index contributed by atoms with van der Waals surface area (Å²) in [5.41, 5.74) is 0.580. The number of anilines is 2. The van der Waals surface area contributed by atoms with E-state index in [0.29, 0.717) is 23.1 Å². The second-order valence-electron chi connectivity index (χ2n) is 5.53. The van der Waals surface area contributed by atoms with Gasteiger partial charge in [-0.3, -0.25) is 4.79 Å². The van der Waals surface area contributed by atoms with Gasteiger partial charge < -0.3 is 15.5 Å². The van der Waals surface area contributed by atoms with Gasteiger partial charge in [0, 0.05) is 16.7 Å². The summed E-state index contributed by atoms with van der Waals surface area (Å²) < 4.78 is 27.3. The molecule has 0 aromatic heterocycles. The van der Waals surface area contributed by atoms with Crippen molar-refractivity contribution < 1.29 is 18.4 Å². The minimum absolute atomic E-state index is 0.0153. The zero-order chi connectivity index (χ0) is 18.0. The smallest absolute Gasteiger partial charge is 0.319 e. The van der Waals surface area contributed by atoms with Crippen LogP contribution in [-0.2, 0) is 4.79 Å². The SMILES string of the molecule is O=C(Nc1ccc(Br)cc1F)N[C@@H]1CCN(c2ccc(F)cc2)C1=O. The molecule has 0 saturated carbocycles. The fraction of sp³-hybridized carbons (Fsp3) is 0.176. The normalized spacial score (nSPS) is 16.8. The number of benzene rings is 2. The zero-order valence-corrected chi connectivity index (χ0v) is 14.5. The van der Waals surface area contributed by atoms with Gasteiger partial charge in [-0.2, -0.15) is 0 Å². The molecule has 3 rings (SSSR count). The first-order valence-electron chi connectivity index (χ1n) is 7.53. The number of carbonyl (C=O) groups excluding carboxylic acids is 2. The first kappa shape index (κ1) is 17.3. The van der Waals surface area contributed by atoms with Gasteiger partial charge in [-0.1, -0.05) is 15.9 Å². The monoisotopic (exact) mass is 409 g/mol. The highest BCUT2D eigenvalue weighted by atomic mass is 79.9. The Hall–Kier alpha value is -2.48. The largest absolute Gasteiger partial charge is 0.326 e. The van der Waals surface area contributed by atoms with E-state index in [1.807, 2.05) is 0 Å². The van der Waals surface area contributed by atoms with Crippen LogP contribution in [0.3, 0.4) is 0 Å². The number of hydrogen-bond donors (Lipinski definition) is 2. The van der Waals surface area contributed by atoms with Crippen LogP contribution >= 0.6 is 15.9 Å². The zero-order valence-electron chi connectivity index (χ0n) is 12.9. The Kier molecular flexibility index (Phi) is 4.98. The Morgan fingerprint density at radius 2 is 1.88 bits per heavy atom. The van der Waals surface area contributed by atoms with Crippen LogP contribution in [-0.4, -0.2) is 24.5 Å². The van der Waals surface area contributed by atoms with Crippen LogP contribution in [0.1, 0.15) is 6.42 Å². The Morgan fingerprint density at radius 1 is 1.16 bits per heavy atom. The molecular formula is C17H14BrF2N3O2. The predicted octanol–water partition coefficient (Wildman–Crippen LogP) is 3.65. The number of nitrogens with zero attached hydrogens (tertiary/aromatic N) is 1. The summed E-state index contributed by atoms with van der Waals surface area (Å²) >= 11 is 3.13. The molecule has 1 heterocycles. The van der Waals surface area contributed by atoms with Crippen molar-refractivity contribution in [3.63, 3.8) is 0 Å². The predicted molar refractivity (Wildman–Crippen MR) is 93.4 cm³/mol. The van der Waals surface area contributed by atoms with E-state index in [-0.39, 0.29) is 17.4 Å². The van der Waals surface area contributed by atoms with Gasteiger partial charge in [-0.25, -0.2) is 13.6 Å². The van der Waals surface area contributed by atoms with E-state index in [2.05, 4.69) is 26.6 Å². The second-order valence-corrected chi connectivity index (χ2v) is 6.45. The van der Waals surface area contributed by atoms with Gasteiger partial charge in [0.15, 0.2) is 0 Å². The minimum Gasteiger partial charge on any atom is -0.326 e. The third-order valence-corrected chi connectivity index (χ3v) is 4.32. The van der Waals surface area contributed by atoms with Crippen molar-refractivity contribution in [2.24, 2.45) is 0 Å². The number of rotatable bonds is 3. The third-order valence-electron chi connectivity index (χ3n) is 3.83. The molecule has 25 heavy (non-hydrogen) atoms. The van der Waals surface area contributed by atoms with Crippen molar-refractivity contribution in [2.75, 3.05) is 16.8 Å². The molecule has 1 aliphatic rings. The Bertz CT molecular complexity index is 814. The number of amides is 3. The van der Waals surface area contributed by atoms with Crippen LogP contribution in [0.2, 0.25) is 0 Å². The standard InChI is InChI=1S/C17H14BrF2N3O2/c18-10-1-6-14(13(20)9-10)21-17(25)22-15-7-8-23(16(15)24)12-4-2-11(19)3-5-12/h1-6,9,15H,7-8H2,(H2,21,22,25)/t15-/m1/s1. The molecule has 2 N–H and O–H groups in total. The van der Waals surface area contributed by atoms with Crippen LogP contribution in [0.15, 0.2) is 46.9 Å². The lowest BCUT2D eigenvalue weighted by molar-refractivity contribution is -0.118. The Morgan fingerprint density at radius 3 is 2.56 bits per heavy atom. The molecule has 0 unspecified atom stereocenters. The highest BCUT2D eigenvalue weighted by molar-refractivity contribution is 9.10. The molecule has 130 valence electrons. The summed E-state index contributed by atoms with van der Waals surface area (Å²) in [6.45, 7) is 0.405. The lowest BCUT2D eigenvalue weighted by Crippen LogP contribution is -2.43. The van der Waals surface area contributed by atoms with E-state index in [1.165, 1.54) is 41.3 Å². The molecule has 0 radical (unpaired) electrons. The van der Waals surface area contributed by atoms with Crippen molar-refractivity contribution >= 4 is 39.2 Å². The molecule has 1 fully saturated rings. The molecule has 2 aromatic rings. The Balaban J connectivity index is 1.62. The molecule has 1 aliphatic heterocycles. The number of hydrogen-bond acceptors (Lipinski definition) is 2. The summed E-state index contributed by atoms with van der Waals surface area (Å²) in [5.74, 6) is -1.27. The molecule has 1 atom stereocenters. The first-order valence-corrected chi connectivity index (χ1v) is 8.33. The number of urea groups is 1. The van der Waals surface area contributed by atoms with Gasteiger partial charge in [0.25, 0.3) is 0 Å². The summed E-state index contributed by atoms with van der Waals surface area (Å²) in [5, 5.41) is 4.92. The average Bonchev–Trinajstić information content (AvgIpc) is 2.92. The third kappa shape index (κ3) is 3.96. The van der Waals surface area contributed by atoms with Gasteiger partial charge in [0.2, 0.25) is 5.91 Å². The van der Waals surface area contributed by atoms with Gasteiger partial charge in [0.1, 0.15) is 17.7 Å². The van der Waals surface area contributed by atoms with Crippen LogP contribution in [0, 0.1) is 11.6 Å². The Labute approximate surface area is 151 Å². The highest BCUT2D eigenvalue weighted by Gasteiger charge is 2.33. The quantitative estimate of drug-likeness (QED) is 0.812. The maximum absolute atomic E-state index is 13.7. The molecule has 0 bridgehead atoms. The van der Waals surface area contributed by atoms with Crippen LogP contribution < -0.4 is 15.5 Å². The maximum Gasteiger partial charge on any atom is 0.319 e. The second kappa shape index (κ2) is 7.18. The fourth-order valence-corrected chi connectivity index (χ4v) is 2.93. The topological polar surface area (TPSA) is 61.4 Å². The van der Waals surface area contributed by atoms with Gasteiger partial charge in [-0.15, -0.1) is 0 Å². The summed E-state index contributed by atoms with van der Waals surface area (Å²) in [4.78, 5) is 25.9. The van der Waals surface area contributed by atoms with Crippen LogP contribution in [0.25, 0.3) is 0 Å². The lowest BCUT2D eigenvalue weighted by atomic mass is 10.2. The lowest BCUT2D eigenvalue weighted by Gasteiger charge is -2.17. The fourth-order valence-electron chi connectivity index (χ4n) is 2.60. The summed E-state index contributed by atoms with van der Waals surface area (Å²) in [7, 11) is 0. The highest BCUT2D eigenvalue weighted by Crippen LogP contribution is 2.22. The van der Waals surface area contributed by atoms with Crippen molar-refractivity contribution in [1.29, 1.82) is 0 Å². The van der Waals surface area contributed by atoms with E-state index in [0.717, 1.165) is 0 Å². The molecule has 3 amide bonds. The van der Waals surface area contributed by atoms with Crippen LogP contribution in [0.5, 0.6) is 0 Å². The van der Waals surface area contributed by atoms with Gasteiger partial charge in [-0.05, 0) is 48.9 Å². The van der Waals surface area contributed by atoms with Crippen molar-refractivity contribution in [3.8, 4) is 0 Å². The summed E-state index contributed by atoms with van der Waals surface area (Å²) in [6.07, 6.45) is 0.409. The maximum atomic E-state index is 13.7. The molecule has 0 spiro atoms. The average molecular weight is 410 g/mol. The molecule has 1 saturated heterocycles. The minimum atomic E-state index is -0.719. The first-order chi connectivity index (χ1) is 11.9. The number of carbonyl (C=O) groups is 2. The van der Waals surface area contributed by atoms with E-state index in [4.69, 9.17) is 0 Å². The van der Waals surface area contributed by atoms with Crippen molar-refractivity contribution in [3.05, 3.63) is 58.6 Å². The van der Waals surface area contributed by atoms with E-state index in [1.54, 1.807) is 6.07 Å². The number of halogens is 3. The van der Waals surface area contributed by atoms with Crippen molar-refractivity contribution in [2.45, 2.75) is 12.5 Å². The van der Waals surface area contributed by atoms with Gasteiger partial charge in [0.05, 0.1) is 5.69 Å².